The van der Waals surface area contributed by atoms with Gasteiger partial charge in [-0.05, 0) is 86.6 Å². The second kappa shape index (κ2) is 10.1. The fourth-order valence-electron chi connectivity index (χ4n) is 2.73. The smallest absolute Gasteiger partial charge is 0.265 e. The first-order valence-electron chi connectivity index (χ1n) is 9.85. The number of nitrogens with one attached hydrogen (secondary N) is 2. The molecule has 0 aromatic heterocycles. The summed E-state index contributed by atoms with van der Waals surface area (Å²) in [7, 11) is -3.80. The Morgan fingerprint density at radius 2 is 1.47 bits per heavy atom. The fraction of sp³-hybridized carbons (Fsp3) is 0.174. The van der Waals surface area contributed by atoms with Gasteiger partial charge in [0.15, 0.2) is 6.10 Å². The van der Waals surface area contributed by atoms with Crippen LogP contribution in [-0.2, 0) is 14.8 Å². The first kappa shape index (κ1) is 23.1. The normalized spacial score (nSPS) is 12.0. The SMILES string of the molecule is CCOc1ccc(NS(=O)(=O)c2ccc(NC(=O)[C@@H](C)Oc3ccc(F)cc3)cc2)cc1. The first-order chi connectivity index (χ1) is 15.3. The van der Waals surface area contributed by atoms with Gasteiger partial charge in [-0.1, -0.05) is 0 Å². The molecule has 0 heterocycles. The molecule has 0 aliphatic carbocycles. The van der Waals surface area contributed by atoms with Crippen LogP contribution in [0.4, 0.5) is 15.8 Å². The monoisotopic (exact) mass is 458 g/mol. The topological polar surface area (TPSA) is 93.7 Å². The van der Waals surface area contributed by atoms with Gasteiger partial charge in [-0.3, -0.25) is 9.52 Å². The number of carbonyl (C=O) groups excluding carboxylic acids is 1. The zero-order valence-electron chi connectivity index (χ0n) is 17.5. The molecular formula is C23H23FN2O5S. The third-order valence-corrected chi connectivity index (χ3v) is 5.74. The maximum absolute atomic E-state index is 13.0. The van der Waals surface area contributed by atoms with E-state index in [1.165, 1.54) is 48.5 Å². The van der Waals surface area contributed by atoms with Gasteiger partial charge in [0, 0.05) is 11.4 Å². The fourth-order valence-corrected chi connectivity index (χ4v) is 3.79. The number of rotatable bonds is 9. The lowest BCUT2D eigenvalue weighted by Crippen LogP contribution is -2.30. The molecule has 7 nitrogen and oxygen atoms in total. The lowest BCUT2D eigenvalue weighted by atomic mass is 10.3. The molecule has 0 saturated carbocycles. The summed E-state index contributed by atoms with van der Waals surface area (Å²) in [6, 6.07) is 17.6. The molecule has 32 heavy (non-hydrogen) atoms. The van der Waals surface area contributed by atoms with E-state index in [9.17, 15) is 17.6 Å². The van der Waals surface area contributed by atoms with Gasteiger partial charge in [-0.25, -0.2) is 12.8 Å². The summed E-state index contributed by atoms with van der Waals surface area (Å²) in [5.74, 6) is 0.169. The average molecular weight is 459 g/mol. The molecule has 0 spiro atoms. The van der Waals surface area contributed by atoms with Gasteiger partial charge in [0.1, 0.15) is 17.3 Å². The number of carbonyl (C=O) groups is 1. The van der Waals surface area contributed by atoms with E-state index in [1.807, 2.05) is 6.92 Å². The van der Waals surface area contributed by atoms with Crippen LogP contribution in [0, 0.1) is 5.82 Å². The summed E-state index contributed by atoms with van der Waals surface area (Å²) in [5.41, 5.74) is 0.808. The van der Waals surface area contributed by atoms with Gasteiger partial charge in [0.2, 0.25) is 0 Å². The van der Waals surface area contributed by atoms with Crippen molar-refractivity contribution in [2.75, 3.05) is 16.6 Å². The highest BCUT2D eigenvalue weighted by Gasteiger charge is 2.17. The van der Waals surface area contributed by atoms with Gasteiger partial charge in [0.25, 0.3) is 15.9 Å². The van der Waals surface area contributed by atoms with E-state index < -0.39 is 27.9 Å². The lowest BCUT2D eigenvalue weighted by Gasteiger charge is -2.15. The van der Waals surface area contributed by atoms with Crippen molar-refractivity contribution in [3.63, 3.8) is 0 Å². The lowest BCUT2D eigenvalue weighted by molar-refractivity contribution is -0.122. The third-order valence-electron chi connectivity index (χ3n) is 4.35. The molecule has 2 N–H and O–H groups in total. The van der Waals surface area contributed by atoms with Crippen LogP contribution in [-0.4, -0.2) is 27.0 Å². The van der Waals surface area contributed by atoms with Gasteiger partial charge >= 0.3 is 0 Å². The molecule has 3 rings (SSSR count). The number of hydrogen-bond donors (Lipinski definition) is 2. The largest absolute Gasteiger partial charge is 0.494 e. The minimum atomic E-state index is -3.80. The van der Waals surface area contributed by atoms with E-state index in [0.29, 0.717) is 29.5 Å². The molecule has 0 aliphatic heterocycles. The van der Waals surface area contributed by atoms with Crippen molar-refractivity contribution in [3.05, 3.63) is 78.6 Å². The minimum Gasteiger partial charge on any atom is -0.494 e. The van der Waals surface area contributed by atoms with Crippen LogP contribution in [0.25, 0.3) is 0 Å². The Morgan fingerprint density at radius 1 is 0.906 bits per heavy atom. The molecule has 9 heteroatoms. The molecular weight excluding hydrogens is 435 g/mol. The Hall–Kier alpha value is -3.59. The van der Waals surface area contributed by atoms with Crippen LogP contribution in [0.3, 0.4) is 0 Å². The summed E-state index contributed by atoms with van der Waals surface area (Å²) in [5, 5.41) is 2.65. The Kier molecular flexibility index (Phi) is 7.32. The summed E-state index contributed by atoms with van der Waals surface area (Å²) >= 11 is 0. The van der Waals surface area contributed by atoms with Crippen LogP contribution >= 0.6 is 0 Å². The summed E-state index contributed by atoms with van der Waals surface area (Å²) < 4.78 is 51.5. The molecule has 1 amide bonds. The second-order valence-corrected chi connectivity index (χ2v) is 8.47. The van der Waals surface area contributed by atoms with Gasteiger partial charge < -0.3 is 14.8 Å². The highest BCUT2D eigenvalue weighted by molar-refractivity contribution is 7.92. The quantitative estimate of drug-likeness (QED) is 0.495. The molecule has 3 aromatic rings. The highest BCUT2D eigenvalue weighted by Crippen LogP contribution is 2.21. The van der Waals surface area contributed by atoms with Gasteiger partial charge in [0.05, 0.1) is 11.5 Å². The third kappa shape index (κ3) is 6.21. The molecule has 0 radical (unpaired) electrons. The van der Waals surface area contributed by atoms with E-state index >= 15 is 0 Å². The average Bonchev–Trinajstić information content (AvgIpc) is 2.77. The molecule has 3 aromatic carbocycles. The zero-order chi connectivity index (χ0) is 23.1. The van der Waals surface area contributed by atoms with Crippen LogP contribution in [0.5, 0.6) is 11.5 Å². The van der Waals surface area contributed by atoms with Crippen molar-refractivity contribution in [1.29, 1.82) is 0 Å². The van der Waals surface area contributed by atoms with E-state index in [2.05, 4.69) is 10.0 Å². The number of anilines is 2. The van der Waals surface area contributed by atoms with Crippen molar-refractivity contribution in [1.82, 2.24) is 0 Å². The van der Waals surface area contributed by atoms with E-state index in [0.717, 1.165) is 0 Å². The molecule has 0 fully saturated rings. The van der Waals surface area contributed by atoms with E-state index in [4.69, 9.17) is 9.47 Å². The maximum atomic E-state index is 13.0. The number of halogens is 1. The van der Waals surface area contributed by atoms with Gasteiger partial charge in [-0.2, -0.15) is 0 Å². The van der Waals surface area contributed by atoms with Crippen molar-refractivity contribution in [2.45, 2.75) is 24.8 Å². The van der Waals surface area contributed by atoms with Crippen LogP contribution in [0.2, 0.25) is 0 Å². The van der Waals surface area contributed by atoms with E-state index in [-0.39, 0.29) is 4.90 Å². The van der Waals surface area contributed by atoms with Gasteiger partial charge in [-0.15, -0.1) is 0 Å². The van der Waals surface area contributed by atoms with Crippen LogP contribution < -0.4 is 19.5 Å². The molecule has 0 aliphatic rings. The predicted molar refractivity (Wildman–Crippen MR) is 120 cm³/mol. The Labute approximate surface area is 186 Å². The minimum absolute atomic E-state index is 0.0417. The van der Waals surface area contributed by atoms with Crippen LogP contribution in [0.15, 0.2) is 77.7 Å². The zero-order valence-corrected chi connectivity index (χ0v) is 18.4. The molecule has 0 unspecified atom stereocenters. The standard InChI is InChI=1S/C23H23FN2O5S/c1-3-30-20-12-6-19(7-13-20)26-32(28,29)22-14-8-18(9-15-22)25-23(27)16(2)31-21-10-4-17(24)5-11-21/h4-16,26H,3H2,1-2H3,(H,25,27)/t16-/m1/s1. The number of sulfonamides is 1. The van der Waals surface area contributed by atoms with Crippen molar-refractivity contribution < 1.29 is 27.1 Å². The Morgan fingerprint density at radius 3 is 2.06 bits per heavy atom. The van der Waals surface area contributed by atoms with E-state index in [1.54, 1.807) is 31.2 Å². The predicted octanol–water partition coefficient (Wildman–Crippen LogP) is 4.43. The highest BCUT2D eigenvalue weighted by atomic mass is 32.2. The van der Waals surface area contributed by atoms with Crippen LogP contribution in [0.1, 0.15) is 13.8 Å². The molecule has 168 valence electrons. The van der Waals surface area contributed by atoms with Crippen molar-refractivity contribution in [2.24, 2.45) is 0 Å². The molecule has 1 atom stereocenters. The number of amides is 1. The number of ether oxygens (including phenoxy) is 2. The second-order valence-electron chi connectivity index (χ2n) is 6.79. The summed E-state index contributed by atoms with van der Waals surface area (Å²) in [6.45, 7) is 3.94. The van der Waals surface area contributed by atoms with Crippen molar-refractivity contribution >= 4 is 27.3 Å². The van der Waals surface area contributed by atoms with Crippen molar-refractivity contribution in [3.8, 4) is 11.5 Å². The molecule has 0 bridgehead atoms. The maximum Gasteiger partial charge on any atom is 0.265 e. The first-order valence-corrected chi connectivity index (χ1v) is 11.3. The summed E-state index contributed by atoms with van der Waals surface area (Å²) in [6.07, 6.45) is -0.842. The number of hydrogen-bond acceptors (Lipinski definition) is 5. The Balaban J connectivity index is 1.60. The number of benzene rings is 3. The summed E-state index contributed by atoms with van der Waals surface area (Å²) in [4.78, 5) is 12.4. The molecule has 0 saturated heterocycles. The Bertz CT molecular complexity index is 1150.